The highest BCUT2D eigenvalue weighted by Gasteiger charge is 2.11. The Bertz CT molecular complexity index is 747. The van der Waals surface area contributed by atoms with Crippen LogP contribution in [-0.4, -0.2) is 12.1 Å². The minimum Gasteiger partial charge on any atom is -0.397 e. The summed E-state index contributed by atoms with van der Waals surface area (Å²) in [6.07, 6.45) is 0. The molecular weight excluding hydrogens is 268 g/mol. The normalized spacial score (nSPS) is 11.1. The molecule has 4 heteroatoms. The molecular formula is C16H16N2OS. The van der Waals surface area contributed by atoms with Gasteiger partial charge in [-0.15, -0.1) is 11.3 Å². The van der Waals surface area contributed by atoms with Crippen LogP contribution in [-0.2, 0) is 11.3 Å². The smallest absolute Gasteiger partial charge is 0.126 e. The van der Waals surface area contributed by atoms with Crippen molar-refractivity contribution in [2.45, 2.75) is 13.5 Å². The van der Waals surface area contributed by atoms with Gasteiger partial charge in [-0.05, 0) is 18.6 Å². The number of fused-ring (bicyclic) bond motifs is 1. The van der Waals surface area contributed by atoms with E-state index in [1.165, 1.54) is 5.56 Å². The average Bonchev–Trinajstić information content (AvgIpc) is 2.82. The predicted octanol–water partition coefficient (Wildman–Crippen LogP) is 4.00. The molecule has 3 nitrogen and oxygen atoms in total. The zero-order valence-corrected chi connectivity index (χ0v) is 12.3. The lowest BCUT2D eigenvalue weighted by Gasteiger charge is -2.07. The molecule has 102 valence electrons. The number of methoxy groups -OCH3 is 1. The first kappa shape index (κ1) is 13.1. The second kappa shape index (κ2) is 5.23. The Hall–Kier alpha value is -1.91. The van der Waals surface area contributed by atoms with Crippen LogP contribution in [0.5, 0.6) is 0 Å². The lowest BCUT2D eigenvalue weighted by Crippen LogP contribution is -1.94. The average molecular weight is 284 g/mol. The van der Waals surface area contributed by atoms with Gasteiger partial charge in [0.2, 0.25) is 0 Å². The molecule has 0 saturated carbocycles. The van der Waals surface area contributed by atoms with Gasteiger partial charge >= 0.3 is 0 Å². The number of aryl methyl sites for hydroxylation is 1. The molecule has 2 aromatic heterocycles. The lowest BCUT2D eigenvalue weighted by atomic mass is 10.1. The summed E-state index contributed by atoms with van der Waals surface area (Å²) in [7, 11) is 1.69. The van der Waals surface area contributed by atoms with Crippen LogP contribution in [0.1, 0.15) is 11.1 Å². The van der Waals surface area contributed by atoms with Crippen molar-refractivity contribution in [2.75, 3.05) is 12.8 Å². The van der Waals surface area contributed by atoms with Crippen LogP contribution < -0.4 is 5.73 Å². The van der Waals surface area contributed by atoms with E-state index in [1.807, 2.05) is 5.38 Å². The van der Waals surface area contributed by atoms with Crippen molar-refractivity contribution in [1.29, 1.82) is 0 Å². The van der Waals surface area contributed by atoms with Crippen molar-refractivity contribution < 1.29 is 4.74 Å². The Morgan fingerprint density at radius 3 is 2.70 bits per heavy atom. The van der Waals surface area contributed by atoms with E-state index in [-0.39, 0.29) is 0 Å². The van der Waals surface area contributed by atoms with Gasteiger partial charge in [0.05, 0.1) is 18.0 Å². The second-order valence-electron chi connectivity index (χ2n) is 4.84. The number of rotatable bonds is 3. The highest BCUT2D eigenvalue weighted by molar-refractivity contribution is 7.17. The number of benzene rings is 1. The Labute approximate surface area is 122 Å². The number of pyridine rings is 1. The minimum atomic E-state index is 0.540. The van der Waals surface area contributed by atoms with Crippen molar-refractivity contribution in [3.8, 4) is 11.3 Å². The fourth-order valence-corrected chi connectivity index (χ4v) is 3.16. The molecule has 0 radical (unpaired) electrons. The molecule has 0 aliphatic rings. The Kier molecular flexibility index (Phi) is 3.42. The molecule has 2 N–H and O–H groups in total. The summed E-state index contributed by atoms with van der Waals surface area (Å²) in [5.74, 6) is 0. The summed E-state index contributed by atoms with van der Waals surface area (Å²) in [5.41, 5.74) is 11.2. The van der Waals surface area contributed by atoms with E-state index in [0.29, 0.717) is 6.61 Å². The van der Waals surface area contributed by atoms with Crippen molar-refractivity contribution >= 4 is 27.2 Å². The standard InChI is InChI=1S/C16H16N2OS/c1-10-3-5-11(6-4-10)14-7-12(8-19-2)15-13(17)9-20-16(15)18-14/h3-7,9H,8,17H2,1-2H3. The van der Waals surface area contributed by atoms with Crippen molar-refractivity contribution in [2.24, 2.45) is 0 Å². The van der Waals surface area contributed by atoms with Gasteiger partial charge in [0, 0.05) is 23.4 Å². The minimum absolute atomic E-state index is 0.540. The SMILES string of the molecule is COCc1cc(-c2ccc(C)cc2)nc2scc(N)c12. The summed E-state index contributed by atoms with van der Waals surface area (Å²) >= 11 is 1.57. The maximum Gasteiger partial charge on any atom is 0.126 e. The number of anilines is 1. The van der Waals surface area contributed by atoms with E-state index in [1.54, 1.807) is 18.4 Å². The molecule has 3 aromatic rings. The number of aromatic nitrogens is 1. The highest BCUT2D eigenvalue weighted by atomic mass is 32.1. The zero-order chi connectivity index (χ0) is 14.1. The molecule has 3 rings (SSSR count). The molecule has 0 atom stereocenters. The number of nitrogens with zero attached hydrogens (tertiary/aromatic N) is 1. The summed E-state index contributed by atoms with van der Waals surface area (Å²) < 4.78 is 5.29. The second-order valence-corrected chi connectivity index (χ2v) is 5.69. The molecule has 0 bridgehead atoms. The topological polar surface area (TPSA) is 48.1 Å². The number of hydrogen-bond acceptors (Lipinski definition) is 4. The van der Waals surface area contributed by atoms with E-state index in [9.17, 15) is 0 Å². The first-order valence-corrected chi connectivity index (χ1v) is 7.29. The number of nitrogen functional groups attached to an aromatic ring is 1. The van der Waals surface area contributed by atoms with Crippen LogP contribution in [0.4, 0.5) is 5.69 Å². The van der Waals surface area contributed by atoms with Gasteiger partial charge in [-0.3, -0.25) is 0 Å². The number of thiophene rings is 1. The van der Waals surface area contributed by atoms with Crippen LogP contribution in [0, 0.1) is 6.92 Å². The molecule has 0 amide bonds. The molecule has 0 fully saturated rings. The quantitative estimate of drug-likeness (QED) is 0.790. The van der Waals surface area contributed by atoms with Crippen molar-refractivity contribution in [1.82, 2.24) is 4.98 Å². The molecule has 0 saturated heterocycles. The zero-order valence-electron chi connectivity index (χ0n) is 11.5. The highest BCUT2D eigenvalue weighted by Crippen LogP contribution is 2.33. The van der Waals surface area contributed by atoms with Crippen LogP contribution >= 0.6 is 11.3 Å². The van der Waals surface area contributed by atoms with Crippen LogP contribution in [0.15, 0.2) is 35.7 Å². The molecule has 2 heterocycles. The maximum atomic E-state index is 6.03. The van der Waals surface area contributed by atoms with Crippen molar-refractivity contribution in [3.05, 3.63) is 46.8 Å². The first-order chi connectivity index (χ1) is 9.69. The van der Waals surface area contributed by atoms with Gasteiger partial charge in [0.1, 0.15) is 4.83 Å². The summed E-state index contributed by atoms with van der Waals surface area (Å²) in [5, 5.41) is 2.96. The lowest BCUT2D eigenvalue weighted by molar-refractivity contribution is 0.186. The van der Waals surface area contributed by atoms with E-state index < -0.39 is 0 Å². The van der Waals surface area contributed by atoms with Gasteiger partial charge < -0.3 is 10.5 Å². The van der Waals surface area contributed by atoms with E-state index in [4.69, 9.17) is 15.5 Å². The third-order valence-corrected chi connectivity index (χ3v) is 4.19. The van der Waals surface area contributed by atoms with E-state index >= 15 is 0 Å². The van der Waals surface area contributed by atoms with Gasteiger partial charge in [0.15, 0.2) is 0 Å². The number of hydrogen-bond donors (Lipinski definition) is 1. The third kappa shape index (κ3) is 2.28. The van der Waals surface area contributed by atoms with E-state index in [0.717, 1.165) is 32.7 Å². The molecule has 0 aliphatic carbocycles. The van der Waals surface area contributed by atoms with Gasteiger partial charge in [-0.2, -0.15) is 0 Å². The molecule has 0 spiro atoms. The Morgan fingerprint density at radius 2 is 2.00 bits per heavy atom. The predicted molar refractivity (Wildman–Crippen MR) is 84.9 cm³/mol. The largest absolute Gasteiger partial charge is 0.397 e. The number of nitrogens with two attached hydrogens (primary N) is 1. The van der Waals surface area contributed by atoms with Gasteiger partial charge in [0.25, 0.3) is 0 Å². The van der Waals surface area contributed by atoms with Crippen molar-refractivity contribution in [3.63, 3.8) is 0 Å². The molecule has 1 aromatic carbocycles. The molecule has 0 aliphatic heterocycles. The fraction of sp³-hybridized carbons (Fsp3) is 0.188. The monoisotopic (exact) mass is 284 g/mol. The molecule has 20 heavy (non-hydrogen) atoms. The number of ether oxygens (including phenoxy) is 1. The fourth-order valence-electron chi connectivity index (χ4n) is 2.29. The van der Waals surface area contributed by atoms with Crippen LogP contribution in [0.25, 0.3) is 21.5 Å². The Balaban J connectivity index is 2.19. The molecule has 0 unspecified atom stereocenters. The summed E-state index contributed by atoms with van der Waals surface area (Å²) in [6.45, 7) is 2.62. The van der Waals surface area contributed by atoms with E-state index in [2.05, 4.69) is 37.3 Å². The maximum absolute atomic E-state index is 6.03. The van der Waals surface area contributed by atoms with Gasteiger partial charge in [-0.25, -0.2) is 4.98 Å². The first-order valence-electron chi connectivity index (χ1n) is 6.41. The van der Waals surface area contributed by atoms with Gasteiger partial charge in [-0.1, -0.05) is 29.8 Å². The summed E-state index contributed by atoms with van der Waals surface area (Å²) in [6, 6.07) is 10.5. The summed E-state index contributed by atoms with van der Waals surface area (Å²) in [4.78, 5) is 5.69. The van der Waals surface area contributed by atoms with Crippen LogP contribution in [0.2, 0.25) is 0 Å². The third-order valence-electron chi connectivity index (χ3n) is 3.30. The van der Waals surface area contributed by atoms with Crippen LogP contribution in [0.3, 0.4) is 0 Å². The Morgan fingerprint density at radius 1 is 1.25 bits per heavy atom.